The second kappa shape index (κ2) is 5.47. The lowest BCUT2D eigenvalue weighted by molar-refractivity contribution is 0.0725. The Kier molecular flexibility index (Phi) is 3.51. The predicted octanol–water partition coefficient (Wildman–Crippen LogP) is 1.81. The number of aromatic amines is 1. The highest BCUT2D eigenvalue weighted by molar-refractivity contribution is 5.97. The van der Waals surface area contributed by atoms with Gasteiger partial charge in [-0.15, -0.1) is 0 Å². The van der Waals surface area contributed by atoms with Crippen molar-refractivity contribution in [1.29, 1.82) is 0 Å². The van der Waals surface area contributed by atoms with Crippen molar-refractivity contribution in [1.82, 2.24) is 15.1 Å². The molecule has 1 aromatic carbocycles. The second-order valence-corrected chi connectivity index (χ2v) is 5.21. The zero-order valence-corrected chi connectivity index (χ0v) is 11.9. The van der Waals surface area contributed by atoms with E-state index >= 15 is 0 Å². The summed E-state index contributed by atoms with van der Waals surface area (Å²) in [5, 5.41) is 6.51. The Balaban J connectivity index is 1.78. The van der Waals surface area contributed by atoms with Crippen molar-refractivity contribution in [3.63, 3.8) is 0 Å². The van der Waals surface area contributed by atoms with Crippen LogP contribution in [0.4, 0.5) is 5.69 Å². The van der Waals surface area contributed by atoms with Crippen molar-refractivity contribution in [2.45, 2.75) is 25.4 Å². The summed E-state index contributed by atoms with van der Waals surface area (Å²) in [4.78, 5) is 14.4. The number of carbonyl (C=O) groups excluding carboxylic acids is 1. The number of nitrogen functional groups attached to an aromatic ring is 1. The lowest BCUT2D eigenvalue weighted by Gasteiger charge is -2.22. The highest BCUT2D eigenvalue weighted by Gasteiger charge is 2.34. The summed E-state index contributed by atoms with van der Waals surface area (Å²) in [6, 6.07) is 8.03. The summed E-state index contributed by atoms with van der Waals surface area (Å²) in [6.07, 6.45) is 3.54. The number of amides is 1. The molecule has 1 aliphatic carbocycles. The van der Waals surface area contributed by atoms with Gasteiger partial charge in [-0.05, 0) is 30.5 Å². The number of aromatic nitrogens is 2. The topological polar surface area (TPSA) is 84.2 Å². The van der Waals surface area contributed by atoms with Gasteiger partial charge >= 0.3 is 0 Å². The number of hydrogen-bond donors (Lipinski definition) is 2. The average Bonchev–Trinajstić information content (AvgIpc) is 3.26. The number of anilines is 1. The summed E-state index contributed by atoms with van der Waals surface area (Å²) in [5.74, 6) is 0.712. The lowest BCUT2D eigenvalue weighted by Crippen LogP contribution is -2.33. The van der Waals surface area contributed by atoms with Crippen LogP contribution in [0.2, 0.25) is 0 Å². The summed E-state index contributed by atoms with van der Waals surface area (Å²) >= 11 is 0. The molecule has 2 aromatic rings. The average molecular weight is 286 g/mol. The molecule has 110 valence electrons. The number of nitrogens with one attached hydrogen (secondary N) is 1. The lowest BCUT2D eigenvalue weighted by atomic mass is 10.2. The van der Waals surface area contributed by atoms with Crippen LogP contribution in [0.3, 0.4) is 0 Å². The van der Waals surface area contributed by atoms with Crippen LogP contribution in [0.15, 0.2) is 30.5 Å². The molecule has 3 rings (SSSR count). The number of carbonyl (C=O) groups is 1. The number of benzene rings is 1. The molecule has 0 bridgehead atoms. The molecule has 0 radical (unpaired) electrons. The maximum Gasteiger partial charge on any atom is 0.274 e. The molecule has 3 N–H and O–H groups in total. The van der Waals surface area contributed by atoms with E-state index in [4.69, 9.17) is 10.5 Å². The van der Waals surface area contributed by atoms with Gasteiger partial charge in [-0.25, -0.2) is 0 Å². The van der Waals surface area contributed by atoms with E-state index in [1.54, 1.807) is 7.11 Å². The normalized spacial score (nSPS) is 14.0. The van der Waals surface area contributed by atoms with E-state index in [1.807, 2.05) is 29.2 Å². The van der Waals surface area contributed by atoms with Crippen LogP contribution in [0, 0.1) is 0 Å². The molecule has 0 unspecified atom stereocenters. The summed E-state index contributed by atoms with van der Waals surface area (Å²) in [7, 11) is 1.63. The van der Waals surface area contributed by atoms with E-state index in [9.17, 15) is 4.79 Å². The Bertz CT molecular complexity index is 631. The number of nitrogens with two attached hydrogens (primary N) is 1. The highest BCUT2D eigenvalue weighted by atomic mass is 16.5. The van der Waals surface area contributed by atoms with Crippen molar-refractivity contribution in [3.05, 3.63) is 41.7 Å². The zero-order chi connectivity index (χ0) is 14.8. The van der Waals surface area contributed by atoms with Gasteiger partial charge in [0.1, 0.15) is 11.4 Å². The van der Waals surface area contributed by atoms with Crippen molar-refractivity contribution in [3.8, 4) is 5.75 Å². The first-order valence-electron chi connectivity index (χ1n) is 6.92. The minimum Gasteiger partial charge on any atom is -0.497 e. The van der Waals surface area contributed by atoms with Gasteiger partial charge < -0.3 is 15.4 Å². The van der Waals surface area contributed by atoms with Gasteiger partial charge in [0, 0.05) is 12.6 Å². The van der Waals surface area contributed by atoms with Gasteiger partial charge in [0.15, 0.2) is 0 Å². The number of hydrogen-bond acceptors (Lipinski definition) is 4. The number of nitrogens with zero attached hydrogens (tertiary/aromatic N) is 2. The zero-order valence-electron chi connectivity index (χ0n) is 11.9. The first-order valence-corrected chi connectivity index (χ1v) is 6.92. The third-order valence-corrected chi connectivity index (χ3v) is 3.64. The van der Waals surface area contributed by atoms with Gasteiger partial charge in [-0.1, -0.05) is 12.1 Å². The summed E-state index contributed by atoms with van der Waals surface area (Å²) in [5.41, 5.74) is 7.60. The van der Waals surface area contributed by atoms with E-state index < -0.39 is 0 Å². The number of rotatable bonds is 5. The van der Waals surface area contributed by atoms with E-state index in [2.05, 4.69) is 10.2 Å². The molecule has 6 heteroatoms. The first kappa shape index (κ1) is 13.5. The van der Waals surface area contributed by atoms with Crippen LogP contribution in [-0.4, -0.2) is 34.2 Å². The molecule has 1 heterocycles. The number of ether oxygens (including phenoxy) is 1. The molecule has 0 spiro atoms. The van der Waals surface area contributed by atoms with Gasteiger partial charge in [0.25, 0.3) is 5.91 Å². The van der Waals surface area contributed by atoms with Gasteiger partial charge in [-0.2, -0.15) is 5.10 Å². The number of H-pyrrole nitrogens is 1. The maximum atomic E-state index is 12.6. The molecule has 1 saturated carbocycles. The van der Waals surface area contributed by atoms with Crippen molar-refractivity contribution in [2.24, 2.45) is 0 Å². The quantitative estimate of drug-likeness (QED) is 0.878. The smallest absolute Gasteiger partial charge is 0.274 e. The van der Waals surface area contributed by atoms with Crippen LogP contribution in [0.1, 0.15) is 28.9 Å². The molecule has 0 atom stereocenters. The Morgan fingerprint density at radius 1 is 1.43 bits per heavy atom. The molecule has 1 aromatic heterocycles. The van der Waals surface area contributed by atoms with Crippen LogP contribution >= 0.6 is 0 Å². The fraction of sp³-hybridized carbons (Fsp3) is 0.333. The third kappa shape index (κ3) is 2.84. The molecule has 1 amide bonds. The van der Waals surface area contributed by atoms with Crippen LogP contribution in [0.25, 0.3) is 0 Å². The Morgan fingerprint density at radius 2 is 2.14 bits per heavy atom. The molecule has 6 nitrogen and oxygen atoms in total. The first-order chi connectivity index (χ1) is 10.2. The second-order valence-electron chi connectivity index (χ2n) is 5.21. The molecule has 1 fully saturated rings. The molecule has 1 aliphatic rings. The minimum absolute atomic E-state index is 0.0941. The SMILES string of the molecule is COc1ccc(CN(C(=O)c2[nH]ncc2N)C2CC2)cc1. The fourth-order valence-electron chi connectivity index (χ4n) is 2.29. The highest BCUT2D eigenvalue weighted by Crippen LogP contribution is 2.30. The summed E-state index contributed by atoms with van der Waals surface area (Å²) < 4.78 is 5.15. The predicted molar refractivity (Wildman–Crippen MR) is 78.9 cm³/mol. The molecule has 21 heavy (non-hydrogen) atoms. The van der Waals surface area contributed by atoms with Crippen molar-refractivity contribution >= 4 is 11.6 Å². The van der Waals surface area contributed by atoms with Gasteiger partial charge in [0.2, 0.25) is 0 Å². The third-order valence-electron chi connectivity index (χ3n) is 3.64. The molecule has 0 aliphatic heterocycles. The molecular weight excluding hydrogens is 268 g/mol. The molecule has 0 saturated heterocycles. The van der Waals surface area contributed by atoms with E-state index in [0.29, 0.717) is 24.0 Å². The van der Waals surface area contributed by atoms with Gasteiger partial charge in [0.05, 0.1) is 19.0 Å². The monoisotopic (exact) mass is 286 g/mol. The van der Waals surface area contributed by atoms with E-state index in [-0.39, 0.29) is 5.91 Å². The van der Waals surface area contributed by atoms with Crippen molar-refractivity contribution < 1.29 is 9.53 Å². The summed E-state index contributed by atoms with van der Waals surface area (Å²) in [6.45, 7) is 0.561. The van der Waals surface area contributed by atoms with Gasteiger partial charge in [-0.3, -0.25) is 9.89 Å². The Morgan fingerprint density at radius 3 is 2.67 bits per heavy atom. The van der Waals surface area contributed by atoms with Crippen LogP contribution in [0.5, 0.6) is 5.75 Å². The fourth-order valence-corrected chi connectivity index (χ4v) is 2.29. The Hall–Kier alpha value is -2.50. The van der Waals surface area contributed by atoms with E-state index in [1.165, 1.54) is 6.20 Å². The van der Waals surface area contributed by atoms with Crippen LogP contribution in [-0.2, 0) is 6.54 Å². The van der Waals surface area contributed by atoms with Crippen LogP contribution < -0.4 is 10.5 Å². The van der Waals surface area contributed by atoms with E-state index in [0.717, 1.165) is 24.2 Å². The maximum absolute atomic E-state index is 12.6. The Labute approximate surface area is 122 Å². The largest absolute Gasteiger partial charge is 0.497 e. The molecular formula is C15H18N4O2. The number of methoxy groups -OCH3 is 1. The van der Waals surface area contributed by atoms with Crippen molar-refractivity contribution in [2.75, 3.05) is 12.8 Å². The standard InChI is InChI=1S/C15H18N4O2/c1-21-12-6-2-10(3-7-12)9-19(11-4-5-11)15(20)14-13(16)8-17-18-14/h2-3,6-8,11H,4-5,9,16H2,1H3,(H,17,18). The minimum atomic E-state index is -0.0941.